The van der Waals surface area contributed by atoms with Crippen molar-refractivity contribution < 1.29 is 27.8 Å². The summed E-state index contributed by atoms with van der Waals surface area (Å²) in [5.41, 5.74) is 1.64. The third kappa shape index (κ3) is 5.00. The van der Waals surface area contributed by atoms with Gasteiger partial charge in [-0.3, -0.25) is 0 Å². The first-order valence-electron chi connectivity index (χ1n) is 6.72. The predicted octanol–water partition coefficient (Wildman–Crippen LogP) is 3.42. The van der Waals surface area contributed by atoms with Gasteiger partial charge in [-0.2, -0.15) is 8.78 Å². The number of ether oxygens (including phenoxy) is 1. The quantitative estimate of drug-likeness (QED) is 0.819. The second-order valence-electron chi connectivity index (χ2n) is 4.75. The lowest BCUT2D eigenvalue weighted by Crippen LogP contribution is -2.13. The van der Waals surface area contributed by atoms with Crippen LogP contribution < -0.4 is 10.1 Å². The molecule has 0 radical (unpaired) electrons. The predicted molar refractivity (Wildman–Crippen MR) is 77.0 cm³/mol. The molecule has 0 spiro atoms. The fourth-order valence-corrected chi connectivity index (χ4v) is 1.96. The van der Waals surface area contributed by atoms with Crippen molar-refractivity contribution in [3.63, 3.8) is 0 Å². The van der Waals surface area contributed by atoms with Gasteiger partial charge in [0.2, 0.25) is 0 Å². The Hall–Kier alpha value is -2.54. The van der Waals surface area contributed by atoms with E-state index in [1.54, 1.807) is 12.1 Å². The van der Waals surface area contributed by atoms with Gasteiger partial charge >= 0.3 is 12.6 Å². The Morgan fingerprint density at radius 1 is 1.09 bits per heavy atom. The Morgan fingerprint density at radius 2 is 1.70 bits per heavy atom. The molecule has 0 aliphatic rings. The number of rotatable bonds is 7. The molecule has 0 atom stereocenters. The van der Waals surface area contributed by atoms with E-state index in [-0.39, 0.29) is 5.56 Å². The average Bonchev–Trinajstić information content (AvgIpc) is 2.50. The van der Waals surface area contributed by atoms with Gasteiger partial charge in [-0.25, -0.2) is 9.18 Å². The molecule has 2 aromatic rings. The highest BCUT2D eigenvalue weighted by Crippen LogP contribution is 2.20. The van der Waals surface area contributed by atoms with E-state index in [0.717, 1.165) is 17.7 Å². The Bertz CT molecular complexity index is 675. The molecule has 0 heterocycles. The van der Waals surface area contributed by atoms with Crippen LogP contribution in [0.2, 0.25) is 0 Å². The standard InChI is InChI=1S/C16H14F3NO3/c17-13-7-11(3-6-14(13)23-16(18)19)9-20-8-10-1-4-12(5-2-10)15(21)22/h1-7,16,20H,8-9H2,(H,21,22). The van der Waals surface area contributed by atoms with Gasteiger partial charge < -0.3 is 15.2 Å². The lowest BCUT2D eigenvalue weighted by molar-refractivity contribution is -0.0522. The van der Waals surface area contributed by atoms with Gasteiger partial charge in [0.25, 0.3) is 0 Å². The topological polar surface area (TPSA) is 58.6 Å². The molecule has 0 saturated heterocycles. The van der Waals surface area contributed by atoms with E-state index in [1.807, 2.05) is 0 Å². The number of carbonyl (C=O) groups is 1. The van der Waals surface area contributed by atoms with Gasteiger partial charge in [0.15, 0.2) is 11.6 Å². The lowest BCUT2D eigenvalue weighted by Gasteiger charge is -2.09. The molecule has 0 unspecified atom stereocenters. The molecule has 122 valence electrons. The minimum absolute atomic E-state index is 0.199. The van der Waals surface area contributed by atoms with Crippen LogP contribution in [0.3, 0.4) is 0 Å². The Balaban J connectivity index is 1.88. The van der Waals surface area contributed by atoms with Crippen LogP contribution in [0.15, 0.2) is 42.5 Å². The van der Waals surface area contributed by atoms with Crippen molar-refractivity contribution in [2.24, 2.45) is 0 Å². The average molecular weight is 325 g/mol. The minimum atomic E-state index is -3.07. The molecule has 0 aliphatic heterocycles. The third-order valence-electron chi connectivity index (χ3n) is 3.07. The molecular formula is C16H14F3NO3. The van der Waals surface area contributed by atoms with E-state index in [1.165, 1.54) is 18.2 Å². The summed E-state index contributed by atoms with van der Waals surface area (Å²) < 4.78 is 41.6. The Kier molecular flexibility index (Phi) is 5.59. The smallest absolute Gasteiger partial charge is 0.387 e. The second kappa shape index (κ2) is 7.64. The highest BCUT2D eigenvalue weighted by molar-refractivity contribution is 5.87. The number of hydrogen-bond acceptors (Lipinski definition) is 3. The van der Waals surface area contributed by atoms with Crippen LogP contribution in [-0.4, -0.2) is 17.7 Å². The van der Waals surface area contributed by atoms with Gasteiger partial charge in [0, 0.05) is 13.1 Å². The maximum absolute atomic E-state index is 13.5. The summed E-state index contributed by atoms with van der Waals surface area (Å²) in [4.78, 5) is 10.7. The van der Waals surface area contributed by atoms with Crippen LogP contribution in [-0.2, 0) is 13.1 Å². The number of hydrogen-bond donors (Lipinski definition) is 2. The molecule has 23 heavy (non-hydrogen) atoms. The van der Waals surface area contributed by atoms with E-state index in [9.17, 15) is 18.0 Å². The summed E-state index contributed by atoms with van der Waals surface area (Å²) in [6.45, 7) is -2.29. The largest absolute Gasteiger partial charge is 0.478 e. The van der Waals surface area contributed by atoms with Crippen LogP contribution in [0, 0.1) is 5.82 Å². The van der Waals surface area contributed by atoms with Gasteiger partial charge in [-0.1, -0.05) is 18.2 Å². The van der Waals surface area contributed by atoms with Crippen LogP contribution in [0.1, 0.15) is 21.5 Å². The van der Waals surface area contributed by atoms with Crippen molar-refractivity contribution in [3.8, 4) is 5.75 Å². The second-order valence-corrected chi connectivity index (χ2v) is 4.75. The van der Waals surface area contributed by atoms with E-state index >= 15 is 0 Å². The van der Waals surface area contributed by atoms with E-state index in [4.69, 9.17) is 5.11 Å². The SMILES string of the molecule is O=C(O)c1ccc(CNCc2ccc(OC(F)F)c(F)c2)cc1. The highest BCUT2D eigenvalue weighted by Gasteiger charge is 2.10. The molecule has 0 amide bonds. The first kappa shape index (κ1) is 16.8. The van der Waals surface area contributed by atoms with E-state index < -0.39 is 24.1 Å². The normalized spacial score (nSPS) is 10.8. The maximum atomic E-state index is 13.5. The molecule has 0 fully saturated rings. The monoisotopic (exact) mass is 325 g/mol. The zero-order valence-electron chi connectivity index (χ0n) is 11.9. The highest BCUT2D eigenvalue weighted by atomic mass is 19.3. The number of carboxylic acid groups (broad SMARTS) is 1. The molecule has 2 N–H and O–H groups in total. The number of carboxylic acids is 1. The number of benzene rings is 2. The van der Waals surface area contributed by atoms with Crippen LogP contribution in [0.25, 0.3) is 0 Å². The molecule has 2 rings (SSSR count). The number of nitrogens with one attached hydrogen (secondary N) is 1. The van der Waals surface area contributed by atoms with Gasteiger partial charge in [0.05, 0.1) is 5.56 Å². The summed E-state index contributed by atoms with van der Waals surface area (Å²) in [6, 6.07) is 10.1. The number of halogens is 3. The lowest BCUT2D eigenvalue weighted by atomic mass is 10.1. The molecule has 7 heteroatoms. The zero-order valence-corrected chi connectivity index (χ0v) is 11.9. The van der Waals surface area contributed by atoms with E-state index in [0.29, 0.717) is 18.7 Å². The fraction of sp³-hybridized carbons (Fsp3) is 0.188. The first-order chi connectivity index (χ1) is 11.0. The zero-order chi connectivity index (χ0) is 16.8. The molecule has 2 aromatic carbocycles. The van der Waals surface area contributed by atoms with E-state index in [2.05, 4.69) is 10.1 Å². The molecule has 0 aromatic heterocycles. The van der Waals surface area contributed by atoms with Gasteiger partial charge in [0.1, 0.15) is 0 Å². The van der Waals surface area contributed by atoms with Crippen LogP contribution in [0.5, 0.6) is 5.75 Å². The van der Waals surface area contributed by atoms with Crippen molar-refractivity contribution in [3.05, 3.63) is 65.0 Å². The third-order valence-corrected chi connectivity index (χ3v) is 3.07. The summed E-state index contributed by atoms with van der Waals surface area (Å²) in [5.74, 6) is -2.34. The first-order valence-corrected chi connectivity index (χ1v) is 6.72. The summed E-state index contributed by atoms with van der Waals surface area (Å²) in [7, 11) is 0. The summed E-state index contributed by atoms with van der Waals surface area (Å²) >= 11 is 0. The number of alkyl halides is 2. The molecule has 4 nitrogen and oxygen atoms in total. The van der Waals surface area contributed by atoms with Crippen molar-refractivity contribution in [1.29, 1.82) is 0 Å². The van der Waals surface area contributed by atoms with Gasteiger partial charge in [-0.05, 0) is 35.4 Å². The fourth-order valence-electron chi connectivity index (χ4n) is 1.96. The Labute approximate surface area is 130 Å². The van der Waals surface area contributed by atoms with Crippen molar-refractivity contribution in [1.82, 2.24) is 5.32 Å². The van der Waals surface area contributed by atoms with Gasteiger partial charge in [-0.15, -0.1) is 0 Å². The maximum Gasteiger partial charge on any atom is 0.387 e. The molecular weight excluding hydrogens is 311 g/mol. The summed E-state index contributed by atoms with van der Waals surface area (Å²) in [5, 5.41) is 11.8. The van der Waals surface area contributed by atoms with Crippen LogP contribution in [0.4, 0.5) is 13.2 Å². The van der Waals surface area contributed by atoms with Crippen molar-refractivity contribution in [2.75, 3.05) is 0 Å². The van der Waals surface area contributed by atoms with Crippen molar-refractivity contribution in [2.45, 2.75) is 19.7 Å². The molecule has 0 saturated carbocycles. The Morgan fingerprint density at radius 3 is 2.26 bits per heavy atom. The molecule has 0 bridgehead atoms. The van der Waals surface area contributed by atoms with Crippen molar-refractivity contribution >= 4 is 5.97 Å². The van der Waals surface area contributed by atoms with Crippen LogP contribution >= 0.6 is 0 Å². The summed E-state index contributed by atoms with van der Waals surface area (Å²) in [6.07, 6.45) is 0. The minimum Gasteiger partial charge on any atom is -0.478 e. The molecule has 0 aliphatic carbocycles. The number of aromatic carboxylic acids is 1.